The smallest absolute Gasteiger partial charge is 0.305 e. The van der Waals surface area contributed by atoms with Gasteiger partial charge < -0.3 is 9.47 Å². The molecule has 2 aromatic carbocycles. The van der Waals surface area contributed by atoms with Gasteiger partial charge in [0.2, 0.25) is 0 Å². The summed E-state index contributed by atoms with van der Waals surface area (Å²) in [5, 5.41) is 0. The molecule has 0 radical (unpaired) electrons. The minimum Gasteiger partial charge on any atom is -0.489 e. The molecule has 0 aromatic heterocycles. The maximum Gasteiger partial charge on any atom is 0.305 e. The zero-order valence-electron chi connectivity index (χ0n) is 12.5. The molecular formula is C18H20O3. The van der Waals surface area contributed by atoms with Crippen LogP contribution in [0.1, 0.15) is 23.1 Å². The van der Waals surface area contributed by atoms with E-state index >= 15 is 0 Å². The Labute approximate surface area is 125 Å². The first-order valence-corrected chi connectivity index (χ1v) is 7.02. The van der Waals surface area contributed by atoms with Crippen molar-refractivity contribution in [2.45, 2.75) is 26.4 Å². The number of carbonyl (C=O) groups is 1. The lowest BCUT2D eigenvalue weighted by molar-refractivity contribution is -0.140. The van der Waals surface area contributed by atoms with Gasteiger partial charge in [0.1, 0.15) is 12.4 Å². The van der Waals surface area contributed by atoms with E-state index in [1.165, 1.54) is 18.2 Å². The molecule has 0 saturated carbocycles. The lowest BCUT2D eigenvalue weighted by atomic mass is 10.1. The highest BCUT2D eigenvalue weighted by Gasteiger charge is 2.07. The van der Waals surface area contributed by atoms with E-state index in [4.69, 9.17) is 4.74 Å². The molecule has 0 bridgehead atoms. The fraction of sp³-hybridized carbons (Fsp3) is 0.278. The fourth-order valence-corrected chi connectivity index (χ4v) is 2.12. The van der Waals surface area contributed by atoms with E-state index in [9.17, 15) is 4.79 Å². The van der Waals surface area contributed by atoms with Crippen LogP contribution in [-0.2, 0) is 22.6 Å². The molecule has 3 nitrogen and oxygen atoms in total. The summed E-state index contributed by atoms with van der Waals surface area (Å²) < 4.78 is 10.6. The van der Waals surface area contributed by atoms with Gasteiger partial charge in [-0.3, -0.25) is 4.79 Å². The van der Waals surface area contributed by atoms with Gasteiger partial charge in [-0.25, -0.2) is 0 Å². The summed E-state index contributed by atoms with van der Waals surface area (Å²) in [5.41, 5.74) is 3.40. The molecule has 3 heteroatoms. The minimum atomic E-state index is -0.205. The van der Waals surface area contributed by atoms with Crippen molar-refractivity contribution in [1.29, 1.82) is 0 Å². The van der Waals surface area contributed by atoms with Crippen molar-refractivity contribution in [3.63, 3.8) is 0 Å². The molecule has 0 saturated heterocycles. The molecule has 2 rings (SSSR count). The number of hydrogen-bond donors (Lipinski definition) is 0. The summed E-state index contributed by atoms with van der Waals surface area (Å²) in [7, 11) is 1.41. The maximum atomic E-state index is 11.3. The number of ether oxygens (including phenoxy) is 2. The fourth-order valence-electron chi connectivity index (χ4n) is 2.12. The van der Waals surface area contributed by atoms with Gasteiger partial charge in [-0.1, -0.05) is 42.5 Å². The molecule has 0 spiro atoms. The Hall–Kier alpha value is -2.29. The monoisotopic (exact) mass is 284 g/mol. The van der Waals surface area contributed by atoms with Crippen molar-refractivity contribution in [3.05, 3.63) is 65.2 Å². The van der Waals surface area contributed by atoms with Gasteiger partial charge in [-0.2, -0.15) is 0 Å². The number of aryl methyl sites for hydroxylation is 2. The normalized spacial score (nSPS) is 10.2. The molecule has 0 amide bonds. The third-order valence-corrected chi connectivity index (χ3v) is 3.44. The van der Waals surface area contributed by atoms with E-state index in [1.54, 1.807) is 0 Å². The molecule has 21 heavy (non-hydrogen) atoms. The average molecular weight is 284 g/mol. The van der Waals surface area contributed by atoms with Crippen molar-refractivity contribution >= 4 is 5.97 Å². The van der Waals surface area contributed by atoms with Crippen LogP contribution in [0.25, 0.3) is 0 Å². The minimum absolute atomic E-state index is 0.205. The zero-order valence-corrected chi connectivity index (χ0v) is 12.5. The van der Waals surface area contributed by atoms with Gasteiger partial charge in [0, 0.05) is 6.42 Å². The molecule has 0 aliphatic carbocycles. The molecule has 0 N–H and O–H groups in total. The van der Waals surface area contributed by atoms with Crippen LogP contribution in [0, 0.1) is 6.92 Å². The number of benzene rings is 2. The molecule has 0 heterocycles. The van der Waals surface area contributed by atoms with E-state index in [-0.39, 0.29) is 5.97 Å². The van der Waals surface area contributed by atoms with Crippen molar-refractivity contribution in [3.8, 4) is 5.75 Å². The van der Waals surface area contributed by atoms with Gasteiger partial charge in [0.05, 0.1) is 7.11 Å². The second-order valence-corrected chi connectivity index (χ2v) is 4.90. The Morgan fingerprint density at radius 2 is 1.67 bits per heavy atom. The van der Waals surface area contributed by atoms with Crippen LogP contribution in [0.5, 0.6) is 5.75 Å². The molecular weight excluding hydrogens is 264 g/mol. The van der Waals surface area contributed by atoms with E-state index in [0.717, 1.165) is 11.3 Å². The van der Waals surface area contributed by atoms with Crippen molar-refractivity contribution in [2.24, 2.45) is 0 Å². The van der Waals surface area contributed by atoms with Crippen LogP contribution >= 0.6 is 0 Å². The van der Waals surface area contributed by atoms with Crippen LogP contribution in [0.3, 0.4) is 0 Å². The highest BCUT2D eigenvalue weighted by Crippen LogP contribution is 2.21. The predicted octanol–water partition coefficient (Wildman–Crippen LogP) is 3.68. The number of hydrogen-bond acceptors (Lipinski definition) is 3. The second kappa shape index (κ2) is 7.48. The van der Waals surface area contributed by atoms with Gasteiger partial charge in [-0.05, 0) is 36.1 Å². The highest BCUT2D eigenvalue weighted by atomic mass is 16.5. The summed E-state index contributed by atoms with van der Waals surface area (Å²) >= 11 is 0. The third kappa shape index (κ3) is 4.35. The maximum absolute atomic E-state index is 11.3. The van der Waals surface area contributed by atoms with Gasteiger partial charge in [-0.15, -0.1) is 0 Å². The summed E-state index contributed by atoms with van der Waals surface area (Å²) in [6.45, 7) is 2.60. The largest absolute Gasteiger partial charge is 0.489 e. The van der Waals surface area contributed by atoms with Gasteiger partial charge >= 0.3 is 5.97 Å². The van der Waals surface area contributed by atoms with Gasteiger partial charge in [0.15, 0.2) is 0 Å². The highest BCUT2D eigenvalue weighted by molar-refractivity contribution is 5.69. The summed E-state index contributed by atoms with van der Waals surface area (Å²) in [6, 6.07) is 16.0. The van der Waals surface area contributed by atoms with Crippen LogP contribution in [0.15, 0.2) is 48.5 Å². The van der Waals surface area contributed by atoms with Gasteiger partial charge in [0.25, 0.3) is 0 Å². The first kappa shape index (κ1) is 15.1. The average Bonchev–Trinajstić information content (AvgIpc) is 2.52. The Kier molecular flexibility index (Phi) is 5.38. The lowest BCUT2D eigenvalue weighted by Gasteiger charge is -2.12. The molecule has 0 unspecified atom stereocenters. The SMILES string of the molecule is COC(=O)CCc1ccccc1OCc1ccccc1C. The van der Waals surface area contributed by atoms with E-state index in [1.807, 2.05) is 36.4 Å². The Bertz CT molecular complexity index is 605. The van der Waals surface area contributed by atoms with Crippen LogP contribution in [0.4, 0.5) is 0 Å². The molecule has 0 atom stereocenters. The van der Waals surface area contributed by atoms with Crippen molar-refractivity contribution in [1.82, 2.24) is 0 Å². The van der Waals surface area contributed by atoms with E-state index in [2.05, 4.69) is 23.8 Å². The molecule has 0 aliphatic heterocycles. The van der Waals surface area contributed by atoms with Crippen molar-refractivity contribution < 1.29 is 14.3 Å². The summed E-state index contributed by atoms with van der Waals surface area (Å²) in [6.07, 6.45) is 0.984. The Morgan fingerprint density at radius 1 is 1.00 bits per heavy atom. The molecule has 110 valence electrons. The number of methoxy groups -OCH3 is 1. The standard InChI is InChI=1S/C18H20O3/c1-14-7-3-4-9-16(14)13-21-17-10-6-5-8-15(17)11-12-18(19)20-2/h3-10H,11-13H2,1-2H3. The van der Waals surface area contributed by atoms with Crippen LogP contribution < -0.4 is 4.74 Å². The topological polar surface area (TPSA) is 35.5 Å². The number of para-hydroxylation sites is 1. The predicted molar refractivity (Wildman–Crippen MR) is 82.3 cm³/mol. The molecule has 2 aromatic rings. The molecule has 0 fully saturated rings. The number of rotatable bonds is 6. The van der Waals surface area contributed by atoms with Crippen LogP contribution in [-0.4, -0.2) is 13.1 Å². The zero-order chi connectivity index (χ0) is 15.1. The number of esters is 1. The van der Waals surface area contributed by atoms with Crippen molar-refractivity contribution in [2.75, 3.05) is 7.11 Å². The summed E-state index contributed by atoms with van der Waals surface area (Å²) in [5.74, 6) is 0.619. The molecule has 0 aliphatic rings. The number of carbonyl (C=O) groups excluding carboxylic acids is 1. The van der Waals surface area contributed by atoms with Crippen LogP contribution in [0.2, 0.25) is 0 Å². The Morgan fingerprint density at radius 3 is 2.38 bits per heavy atom. The first-order chi connectivity index (χ1) is 10.2. The lowest BCUT2D eigenvalue weighted by Crippen LogP contribution is -2.04. The Balaban J connectivity index is 2.03. The van der Waals surface area contributed by atoms with E-state index in [0.29, 0.717) is 19.4 Å². The van der Waals surface area contributed by atoms with E-state index < -0.39 is 0 Å². The quantitative estimate of drug-likeness (QED) is 0.759. The first-order valence-electron chi connectivity index (χ1n) is 7.02. The summed E-state index contributed by atoms with van der Waals surface area (Å²) in [4.78, 5) is 11.3. The third-order valence-electron chi connectivity index (χ3n) is 3.44. The second-order valence-electron chi connectivity index (χ2n) is 4.90.